The van der Waals surface area contributed by atoms with Crippen LogP contribution < -0.4 is 10.2 Å². The van der Waals surface area contributed by atoms with Crippen LogP contribution in [0.5, 0.6) is 5.75 Å². The normalized spacial score (nSPS) is 11.2. The molecule has 0 saturated heterocycles. The Morgan fingerprint density at radius 3 is 2.96 bits per heavy atom. The first-order valence-electron chi connectivity index (χ1n) is 6.97. The standard InChI is InChI=1S/C17H12N2O3S/c1-21-10-6-7-12-13(8-10)19-17(18-12)23-15-9-22-14-5-3-2-4-11(14)16(15)20/h2-9H,1H3,(H,18,19). The maximum absolute atomic E-state index is 12.5. The molecule has 0 aliphatic carbocycles. The van der Waals surface area contributed by atoms with Gasteiger partial charge in [0.15, 0.2) is 5.16 Å². The van der Waals surface area contributed by atoms with E-state index in [0.29, 0.717) is 21.0 Å². The molecule has 4 rings (SSSR count). The van der Waals surface area contributed by atoms with Gasteiger partial charge in [0.2, 0.25) is 5.43 Å². The van der Waals surface area contributed by atoms with Crippen LogP contribution in [-0.2, 0) is 0 Å². The number of hydrogen-bond donors (Lipinski definition) is 1. The van der Waals surface area contributed by atoms with Crippen molar-refractivity contribution in [1.29, 1.82) is 0 Å². The van der Waals surface area contributed by atoms with Crippen LogP contribution in [0.1, 0.15) is 0 Å². The van der Waals surface area contributed by atoms with E-state index in [2.05, 4.69) is 9.97 Å². The molecule has 1 N–H and O–H groups in total. The van der Waals surface area contributed by atoms with Crippen molar-refractivity contribution in [2.24, 2.45) is 0 Å². The summed E-state index contributed by atoms with van der Waals surface area (Å²) >= 11 is 1.25. The highest BCUT2D eigenvalue weighted by molar-refractivity contribution is 7.99. The van der Waals surface area contributed by atoms with Crippen LogP contribution in [0, 0.1) is 0 Å². The van der Waals surface area contributed by atoms with Crippen molar-refractivity contribution in [3.8, 4) is 5.75 Å². The fourth-order valence-electron chi connectivity index (χ4n) is 2.38. The molecule has 0 unspecified atom stereocenters. The molecule has 0 radical (unpaired) electrons. The highest BCUT2D eigenvalue weighted by atomic mass is 32.2. The van der Waals surface area contributed by atoms with E-state index >= 15 is 0 Å². The summed E-state index contributed by atoms with van der Waals surface area (Å²) in [5, 5.41) is 1.20. The quantitative estimate of drug-likeness (QED) is 0.620. The highest BCUT2D eigenvalue weighted by Gasteiger charge is 2.11. The molecule has 0 bridgehead atoms. The Kier molecular flexibility index (Phi) is 3.31. The number of benzene rings is 2. The lowest BCUT2D eigenvalue weighted by Crippen LogP contribution is -2.03. The Bertz CT molecular complexity index is 1070. The zero-order chi connectivity index (χ0) is 15.8. The van der Waals surface area contributed by atoms with Gasteiger partial charge in [-0.1, -0.05) is 12.1 Å². The summed E-state index contributed by atoms with van der Waals surface area (Å²) in [6.07, 6.45) is 1.48. The van der Waals surface area contributed by atoms with Crippen LogP contribution in [-0.4, -0.2) is 17.1 Å². The van der Waals surface area contributed by atoms with Gasteiger partial charge in [-0.3, -0.25) is 4.79 Å². The zero-order valence-corrected chi connectivity index (χ0v) is 13.0. The number of aromatic nitrogens is 2. The molecule has 23 heavy (non-hydrogen) atoms. The van der Waals surface area contributed by atoms with E-state index in [0.717, 1.165) is 16.8 Å². The molecular formula is C17H12N2O3S. The third kappa shape index (κ3) is 2.47. The number of H-pyrrole nitrogens is 1. The second-order valence-corrected chi connectivity index (χ2v) is 5.98. The lowest BCUT2D eigenvalue weighted by atomic mass is 10.2. The smallest absolute Gasteiger partial charge is 0.206 e. The lowest BCUT2D eigenvalue weighted by molar-refractivity contribution is 0.415. The predicted molar refractivity (Wildman–Crippen MR) is 89.3 cm³/mol. The van der Waals surface area contributed by atoms with Crippen molar-refractivity contribution in [3.05, 3.63) is 59.0 Å². The van der Waals surface area contributed by atoms with E-state index in [1.807, 2.05) is 30.3 Å². The molecule has 0 aliphatic heterocycles. The molecule has 5 nitrogen and oxygen atoms in total. The van der Waals surface area contributed by atoms with Gasteiger partial charge in [-0.2, -0.15) is 0 Å². The van der Waals surface area contributed by atoms with Gasteiger partial charge >= 0.3 is 0 Å². The molecule has 2 heterocycles. The van der Waals surface area contributed by atoms with Gasteiger partial charge in [-0.15, -0.1) is 0 Å². The maximum atomic E-state index is 12.5. The van der Waals surface area contributed by atoms with Gasteiger partial charge in [0.1, 0.15) is 17.6 Å². The Morgan fingerprint density at radius 1 is 1.22 bits per heavy atom. The van der Waals surface area contributed by atoms with E-state index in [4.69, 9.17) is 9.15 Å². The molecule has 0 atom stereocenters. The number of nitrogens with one attached hydrogen (secondary N) is 1. The van der Waals surface area contributed by atoms with Gasteiger partial charge in [0, 0.05) is 6.07 Å². The minimum absolute atomic E-state index is 0.0603. The Labute approximate surface area is 135 Å². The van der Waals surface area contributed by atoms with E-state index < -0.39 is 0 Å². The Balaban J connectivity index is 1.75. The van der Waals surface area contributed by atoms with Crippen LogP contribution in [0.4, 0.5) is 0 Å². The zero-order valence-electron chi connectivity index (χ0n) is 12.2. The second kappa shape index (κ2) is 5.48. The monoisotopic (exact) mass is 324 g/mol. The fourth-order valence-corrected chi connectivity index (χ4v) is 3.19. The Hall–Kier alpha value is -2.73. The molecular weight excluding hydrogens is 312 g/mol. The summed E-state index contributed by atoms with van der Waals surface area (Å²) in [6.45, 7) is 0. The molecule has 0 fully saturated rings. The van der Waals surface area contributed by atoms with Crippen molar-refractivity contribution < 1.29 is 9.15 Å². The minimum Gasteiger partial charge on any atom is -0.497 e. The number of nitrogens with zero attached hydrogens (tertiary/aromatic N) is 1. The van der Waals surface area contributed by atoms with E-state index in [1.165, 1.54) is 18.0 Å². The first-order chi connectivity index (χ1) is 11.2. The van der Waals surface area contributed by atoms with Crippen molar-refractivity contribution in [3.63, 3.8) is 0 Å². The number of aromatic amines is 1. The highest BCUT2D eigenvalue weighted by Crippen LogP contribution is 2.27. The van der Waals surface area contributed by atoms with Crippen LogP contribution >= 0.6 is 11.8 Å². The first-order valence-corrected chi connectivity index (χ1v) is 7.78. The van der Waals surface area contributed by atoms with Gasteiger partial charge < -0.3 is 14.1 Å². The molecule has 6 heteroatoms. The summed E-state index contributed by atoms with van der Waals surface area (Å²) in [6, 6.07) is 12.8. The van der Waals surface area contributed by atoms with Crippen LogP contribution in [0.25, 0.3) is 22.0 Å². The molecule has 0 aliphatic rings. The SMILES string of the molecule is COc1ccc2nc(Sc3coc4ccccc4c3=O)[nH]c2c1. The maximum Gasteiger partial charge on any atom is 0.206 e. The topological polar surface area (TPSA) is 68.1 Å². The van der Waals surface area contributed by atoms with Gasteiger partial charge in [-0.25, -0.2) is 4.98 Å². The number of fused-ring (bicyclic) bond motifs is 2. The number of hydrogen-bond acceptors (Lipinski definition) is 5. The van der Waals surface area contributed by atoms with Crippen molar-refractivity contribution in [2.75, 3.05) is 7.11 Å². The van der Waals surface area contributed by atoms with Gasteiger partial charge in [-0.05, 0) is 36.0 Å². The third-order valence-electron chi connectivity index (χ3n) is 3.52. The molecule has 4 aromatic rings. The molecule has 2 aromatic carbocycles. The van der Waals surface area contributed by atoms with E-state index in [1.54, 1.807) is 19.2 Å². The van der Waals surface area contributed by atoms with Crippen LogP contribution in [0.3, 0.4) is 0 Å². The van der Waals surface area contributed by atoms with Crippen molar-refractivity contribution in [2.45, 2.75) is 10.1 Å². The molecule has 114 valence electrons. The van der Waals surface area contributed by atoms with E-state index in [9.17, 15) is 4.79 Å². The Morgan fingerprint density at radius 2 is 2.09 bits per heavy atom. The summed E-state index contributed by atoms with van der Waals surface area (Å²) in [4.78, 5) is 20.7. The first kappa shape index (κ1) is 13.9. The van der Waals surface area contributed by atoms with Gasteiger partial charge in [0.05, 0.1) is 28.4 Å². The largest absolute Gasteiger partial charge is 0.497 e. The average molecular weight is 324 g/mol. The molecule has 0 spiro atoms. The van der Waals surface area contributed by atoms with E-state index in [-0.39, 0.29) is 5.43 Å². The van der Waals surface area contributed by atoms with Crippen molar-refractivity contribution >= 4 is 33.8 Å². The number of ether oxygens (including phenoxy) is 1. The lowest BCUT2D eigenvalue weighted by Gasteiger charge is -1.99. The third-order valence-corrected chi connectivity index (χ3v) is 4.41. The van der Waals surface area contributed by atoms with Crippen LogP contribution in [0.2, 0.25) is 0 Å². The van der Waals surface area contributed by atoms with Crippen molar-refractivity contribution in [1.82, 2.24) is 9.97 Å². The second-order valence-electron chi connectivity index (χ2n) is 4.95. The number of para-hydroxylation sites is 1. The summed E-state index contributed by atoms with van der Waals surface area (Å²) < 4.78 is 10.7. The fraction of sp³-hybridized carbons (Fsp3) is 0.0588. The minimum atomic E-state index is -0.0603. The summed E-state index contributed by atoms with van der Waals surface area (Å²) in [5.74, 6) is 0.753. The summed E-state index contributed by atoms with van der Waals surface area (Å²) in [7, 11) is 1.62. The number of methoxy groups -OCH3 is 1. The summed E-state index contributed by atoms with van der Waals surface area (Å²) in [5.41, 5.74) is 2.20. The number of rotatable bonds is 3. The molecule has 0 saturated carbocycles. The average Bonchev–Trinajstić information content (AvgIpc) is 2.99. The predicted octanol–water partition coefficient (Wildman–Crippen LogP) is 3.83. The molecule has 0 amide bonds. The number of imidazole rings is 1. The van der Waals surface area contributed by atoms with Crippen LogP contribution in [0.15, 0.2) is 68.0 Å². The van der Waals surface area contributed by atoms with Gasteiger partial charge in [0.25, 0.3) is 0 Å². The molecule has 2 aromatic heterocycles.